The van der Waals surface area contributed by atoms with Crippen LogP contribution in [0.4, 0.5) is 0 Å². The highest BCUT2D eigenvalue weighted by Gasteiger charge is 2.11. The number of nitrogens with zero attached hydrogens (tertiary/aromatic N) is 1. The zero-order valence-electron chi connectivity index (χ0n) is 17.9. The molecule has 0 heterocycles. The molecule has 0 unspecified atom stereocenters. The fourth-order valence-electron chi connectivity index (χ4n) is 3.10. The van der Waals surface area contributed by atoms with Gasteiger partial charge in [0, 0.05) is 18.4 Å². The van der Waals surface area contributed by atoms with Gasteiger partial charge in [-0.1, -0.05) is 42.5 Å². The number of benzene rings is 2. The Balaban J connectivity index is 2.00. The van der Waals surface area contributed by atoms with Crippen molar-refractivity contribution in [2.24, 2.45) is 0 Å². The molecule has 0 aliphatic carbocycles. The van der Waals surface area contributed by atoms with Crippen LogP contribution < -0.4 is 10.1 Å². The number of allylic oxidation sites excluding steroid dienone is 1. The molecule has 0 aliphatic rings. The van der Waals surface area contributed by atoms with Crippen LogP contribution in [-0.2, 0) is 9.59 Å². The zero-order chi connectivity index (χ0) is 21.8. The van der Waals surface area contributed by atoms with E-state index in [1.807, 2.05) is 62.6 Å². The molecule has 0 radical (unpaired) electrons. The van der Waals surface area contributed by atoms with Crippen molar-refractivity contribution < 1.29 is 19.4 Å². The summed E-state index contributed by atoms with van der Waals surface area (Å²) in [5.74, 6) is -0.186. The molecule has 2 N–H and O–H groups in total. The van der Waals surface area contributed by atoms with E-state index in [1.165, 1.54) is 0 Å². The summed E-state index contributed by atoms with van der Waals surface area (Å²) >= 11 is 0. The summed E-state index contributed by atoms with van der Waals surface area (Å²) in [5, 5.41) is 13.8. The van der Waals surface area contributed by atoms with Gasteiger partial charge < -0.3 is 20.1 Å². The van der Waals surface area contributed by atoms with Crippen LogP contribution in [0.5, 0.6) is 5.75 Å². The third-order valence-corrected chi connectivity index (χ3v) is 4.73. The van der Waals surface area contributed by atoms with Crippen molar-refractivity contribution in [3.63, 3.8) is 0 Å². The number of hydrogen-bond donors (Lipinski definition) is 2. The zero-order valence-corrected chi connectivity index (χ0v) is 17.9. The topological polar surface area (TPSA) is 78.9 Å². The van der Waals surface area contributed by atoms with Gasteiger partial charge in [-0.05, 0) is 57.8 Å². The molecule has 1 amide bonds. The average molecular weight is 413 g/mol. The van der Waals surface area contributed by atoms with Crippen molar-refractivity contribution in [2.45, 2.75) is 32.1 Å². The minimum absolute atomic E-state index is 0.132. The summed E-state index contributed by atoms with van der Waals surface area (Å²) in [4.78, 5) is 25.4. The second kappa shape index (κ2) is 12.6. The van der Waals surface area contributed by atoms with E-state index in [-0.39, 0.29) is 18.9 Å². The molecule has 6 nitrogen and oxygen atoms in total. The van der Waals surface area contributed by atoms with Gasteiger partial charge in [-0.15, -0.1) is 0 Å². The first-order valence-corrected chi connectivity index (χ1v) is 10.4. The minimum atomic E-state index is -0.794. The quantitative estimate of drug-likeness (QED) is 0.386. The first kappa shape index (κ1) is 23.4. The number of ether oxygens (including phenoxy) is 1. The third kappa shape index (κ3) is 8.25. The van der Waals surface area contributed by atoms with Crippen LogP contribution >= 0.6 is 0 Å². The van der Waals surface area contributed by atoms with E-state index >= 15 is 0 Å². The lowest BCUT2D eigenvalue weighted by Crippen LogP contribution is -2.30. The molecule has 30 heavy (non-hydrogen) atoms. The number of amides is 1. The van der Waals surface area contributed by atoms with Gasteiger partial charge in [0.25, 0.3) is 0 Å². The molecule has 6 heteroatoms. The highest BCUT2D eigenvalue weighted by atomic mass is 16.5. The molecule has 0 fully saturated rings. The maximum atomic E-state index is 12.7. The number of nitrogens with one attached hydrogen (secondary N) is 1. The van der Waals surface area contributed by atoms with Crippen LogP contribution in [0.1, 0.15) is 32.1 Å². The Morgan fingerprint density at radius 1 is 1.07 bits per heavy atom. The molecule has 162 valence electrons. The van der Waals surface area contributed by atoms with E-state index in [4.69, 9.17) is 9.84 Å². The average Bonchev–Trinajstić information content (AvgIpc) is 2.72. The van der Waals surface area contributed by atoms with Crippen LogP contribution in [0.3, 0.4) is 0 Å². The summed E-state index contributed by atoms with van der Waals surface area (Å²) in [6.07, 6.45) is 4.84. The number of unbranched alkanes of at least 4 members (excludes halogenated alkanes) is 2. The molecule has 0 atom stereocenters. The van der Waals surface area contributed by atoms with Gasteiger partial charge >= 0.3 is 5.97 Å². The van der Waals surface area contributed by atoms with Crippen LogP contribution in [0.15, 0.2) is 54.1 Å². The smallest absolute Gasteiger partial charge is 0.303 e. The van der Waals surface area contributed by atoms with Crippen molar-refractivity contribution in [3.8, 4) is 5.75 Å². The van der Waals surface area contributed by atoms with Crippen LogP contribution in [0.25, 0.3) is 10.8 Å². The maximum Gasteiger partial charge on any atom is 0.303 e. The van der Waals surface area contributed by atoms with Gasteiger partial charge in [0.1, 0.15) is 12.4 Å². The summed E-state index contributed by atoms with van der Waals surface area (Å²) < 4.78 is 6.01. The molecule has 0 saturated heterocycles. The van der Waals surface area contributed by atoms with Gasteiger partial charge in [0.15, 0.2) is 0 Å². The molecular weight excluding hydrogens is 380 g/mol. The minimum Gasteiger partial charge on any atom is -0.488 e. The molecule has 2 rings (SSSR count). The number of carbonyl (C=O) groups is 2. The summed E-state index contributed by atoms with van der Waals surface area (Å²) in [6, 6.07) is 13.8. The Morgan fingerprint density at radius 3 is 2.60 bits per heavy atom. The Bertz CT molecular complexity index is 856. The number of carboxylic acids is 1. The first-order valence-electron chi connectivity index (χ1n) is 10.4. The molecule has 2 aromatic rings. The fourth-order valence-corrected chi connectivity index (χ4v) is 3.10. The summed E-state index contributed by atoms with van der Waals surface area (Å²) in [6.45, 7) is 1.68. The fraction of sp³-hybridized carbons (Fsp3) is 0.417. The molecule has 2 aromatic carbocycles. The van der Waals surface area contributed by atoms with Gasteiger partial charge in [-0.2, -0.15) is 0 Å². The number of carbonyl (C=O) groups excluding carboxylic acids is 1. The molecule has 0 bridgehead atoms. The standard InChI is InChI=1S/C24H32N2O4/c1-26(2)17-9-16-25-24(29)20(11-4-3-5-15-23(27)28)18-30-22-14-8-12-19-10-6-7-13-21(19)22/h6-8,10-14H,3-5,9,15-18H2,1-2H3,(H,25,29)(H,27,28)/b20-11+. The van der Waals surface area contributed by atoms with Crippen molar-refractivity contribution in [1.29, 1.82) is 0 Å². The van der Waals surface area contributed by atoms with Crippen molar-refractivity contribution in [3.05, 3.63) is 54.1 Å². The largest absolute Gasteiger partial charge is 0.488 e. The lowest BCUT2D eigenvalue weighted by atomic mass is 10.1. The number of carboxylic acid groups (broad SMARTS) is 1. The number of fused-ring (bicyclic) bond motifs is 1. The monoisotopic (exact) mass is 412 g/mol. The Morgan fingerprint density at radius 2 is 1.83 bits per heavy atom. The molecule has 0 spiro atoms. The molecule has 0 aliphatic heterocycles. The highest BCUT2D eigenvalue weighted by Crippen LogP contribution is 2.25. The van der Waals surface area contributed by atoms with Crippen LogP contribution in [-0.4, -0.2) is 55.7 Å². The number of rotatable bonds is 13. The predicted octanol–water partition coefficient (Wildman–Crippen LogP) is 3.86. The normalized spacial score (nSPS) is 11.6. The predicted molar refractivity (Wildman–Crippen MR) is 120 cm³/mol. The maximum absolute atomic E-state index is 12.7. The summed E-state index contributed by atoms with van der Waals surface area (Å²) in [5.41, 5.74) is 0.572. The van der Waals surface area contributed by atoms with E-state index in [9.17, 15) is 9.59 Å². The van der Waals surface area contributed by atoms with E-state index in [1.54, 1.807) is 0 Å². The second-order valence-corrected chi connectivity index (χ2v) is 7.55. The van der Waals surface area contributed by atoms with Crippen molar-refractivity contribution in [2.75, 3.05) is 33.8 Å². The van der Waals surface area contributed by atoms with Crippen molar-refractivity contribution >= 4 is 22.6 Å². The Labute approximate surface area is 178 Å². The number of aliphatic carboxylic acids is 1. The van der Waals surface area contributed by atoms with Crippen LogP contribution in [0.2, 0.25) is 0 Å². The highest BCUT2D eigenvalue weighted by molar-refractivity contribution is 5.94. The van der Waals surface area contributed by atoms with Gasteiger partial charge in [0.05, 0.1) is 5.57 Å². The van der Waals surface area contributed by atoms with Gasteiger partial charge in [0.2, 0.25) is 5.91 Å². The van der Waals surface area contributed by atoms with Gasteiger partial charge in [-0.25, -0.2) is 0 Å². The first-order chi connectivity index (χ1) is 14.5. The SMILES string of the molecule is CN(C)CCCNC(=O)/C(=C/CCCCC(=O)O)COc1cccc2ccccc12. The van der Waals surface area contributed by atoms with E-state index in [2.05, 4.69) is 10.2 Å². The van der Waals surface area contributed by atoms with E-state index in [0.29, 0.717) is 25.0 Å². The number of hydrogen-bond acceptors (Lipinski definition) is 4. The summed E-state index contributed by atoms with van der Waals surface area (Å²) in [7, 11) is 4.00. The van der Waals surface area contributed by atoms with Crippen molar-refractivity contribution in [1.82, 2.24) is 10.2 Å². The molecular formula is C24H32N2O4. The van der Waals surface area contributed by atoms with Crippen LogP contribution in [0, 0.1) is 0 Å². The lowest BCUT2D eigenvalue weighted by Gasteiger charge is -2.14. The van der Waals surface area contributed by atoms with Gasteiger partial charge in [-0.3, -0.25) is 9.59 Å². The molecule has 0 saturated carbocycles. The third-order valence-electron chi connectivity index (χ3n) is 4.73. The second-order valence-electron chi connectivity index (χ2n) is 7.55. The lowest BCUT2D eigenvalue weighted by molar-refractivity contribution is -0.137. The van der Waals surface area contributed by atoms with E-state index in [0.717, 1.165) is 35.9 Å². The Kier molecular flexibility index (Phi) is 9.87. The molecule has 0 aromatic heterocycles. The van der Waals surface area contributed by atoms with E-state index < -0.39 is 5.97 Å². The Hall–Kier alpha value is -2.86.